The highest BCUT2D eigenvalue weighted by molar-refractivity contribution is 6.29. The van der Waals surface area contributed by atoms with E-state index in [4.69, 9.17) is 16.3 Å². The first kappa shape index (κ1) is 11.8. The van der Waals surface area contributed by atoms with E-state index in [9.17, 15) is 8.78 Å². The molecule has 0 N–H and O–H groups in total. The van der Waals surface area contributed by atoms with Gasteiger partial charge in [-0.05, 0) is 23.8 Å². The van der Waals surface area contributed by atoms with Crippen molar-refractivity contribution in [2.75, 3.05) is 7.11 Å². The second-order valence-corrected chi connectivity index (χ2v) is 3.72. The summed E-state index contributed by atoms with van der Waals surface area (Å²) < 4.78 is 31.6. The maximum atomic E-state index is 13.5. The Bertz CT molecular complexity index is 560. The molecule has 17 heavy (non-hydrogen) atoms. The van der Waals surface area contributed by atoms with Crippen molar-refractivity contribution in [2.24, 2.45) is 0 Å². The monoisotopic (exact) mass is 255 g/mol. The van der Waals surface area contributed by atoms with Gasteiger partial charge in [0, 0.05) is 5.56 Å². The van der Waals surface area contributed by atoms with Gasteiger partial charge in [-0.3, -0.25) is 0 Å². The molecule has 2 aromatic rings. The maximum Gasteiger partial charge on any atom is 0.165 e. The fourth-order valence-electron chi connectivity index (χ4n) is 1.46. The van der Waals surface area contributed by atoms with Crippen LogP contribution in [0.4, 0.5) is 8.78 Å². The number of ether oxygens (including phenoxy) is 1. The lowest BCUT2D eigenvalue weighted by molar-refractivity contribution is 0.387. The number of methoxy groups -OCH3 is 1. The third-order valence-electron chi connectivity index (χ3n) is 2.28. The van der Waals surface area contributed by atoms with Gasteiger partial charge in [0.2, 0.25) is 0 Å². The molecule has 0 bridgehead atoms. The fourth-order valence-corrected chi connectivity index (χ4v) is 1.62. The predicted molar refractivity (Wildman–Crippen MR) is 61.2 cm³/mol. The number of hydrogen-bond donors (Lipinski definition) is 0. The molecule has 0 aliphatic carbocycles. The average Bonchev–Trinajstić information content (AvgIpc) is 2.33. The van der Waals surface area contributed by atoms with Crippen LogP contribution in [0.5, 0.6) is 5.75 Å². The minimum absolute atomic E-state index is 0.0508. The molecule has 2 rings (SSSR count). The normalized spacial score (nSPS) is 10.4. The number of benzene rings is 1. The molecule has 0 saturated heterocycles. The predicted octanol–water partition coefficient (Wildman–Crippen LogP) is 3.69. The van der Waals surface area contributed by atoms with Crippen LogP contribution in [0.15, 0.2) is 30.5 Å². The smallest absolute Gasteiger partial charge is 0.165 e. The highest BCUT2D eigenvalue weighted by Crippen LogP contribution is 2.29. The first-order chi connectivity index (χ1) is 8.11. The number of hydrogen-bond acceptors (Lipinski definition) is 2. The summed E-state index contributed by atoms with van der Waals surface area (Å²) in [6, 6.07) is 5.45. The van der Waals surface area contributed by atoms with Crippen LogP contribution in [-0.2, 0) is 0 Å². The van der Waals surface area contributed by atoms with Crippen LogP contribution in [0.3, 0.4) is 0 Å². The Morgan fingerprint density at radius 2 is 1.94 bits per heavy atom. The molecule has 88 valence electrons. The molecule has 0 fully saturated rings. The van der Waals surface area contributed by atoms with Crippen molar-refractivity contribution in [3.05, 3.63) is 47.2 Å². The van der Waals surface area contributed by atoms with E-state index in [-0.39, 0.29) is 16.5 Å². The van der Waals surface area contributed by atoms with Gasteiger partial charge in [-0.1, -0.05) is 17.7 Å². The van der Waals surface area contributed by atoms with Gasteiger partial charge in [-0.2, -0.15) is 0 Å². The van der Waals surface area contributed by atoms with Gasteiger partial charge in [0.1, 0.15) is 11.0 Å². The fraction of sp³-hybridized carbons (Fsp3) is 0.0833. The molecule has 0 spiro atoms. The first-order valence-electron chi connectivity index (χ1n) is 4.77. The summed E-state index contributed by atoms with van der Waals surface area (Å²) in [5.41, 5.74) is 0.730. The van der Waals surface area contributed by atoms with E-state index in [1.165, 1.54) is 31.4 Å². The van der Waals surface area contributed by atoms with Crippen LogP contribution >= 0.6 is 11.6 Å². The van der Waals surface area contributed by atoms with Gasteiger partial charge in [0.15, 0.2) is 11.6 Å². The SMILES string of the molecule is COc1cc(-c2cc(Cl)ncc2F)ccc1F. The molecule has 0 saturated carbocycles. The van der Waals surface area contributed by atoms with Crippen molar-refractivity contribution in [1.82, 2.24) is 4.98 Å². The number of nitrogens with zero attached hydrogens (tertiary/aromatic N) is 1. The van der Waals surface area contributed by atoms with E-state index in [0.717, 1.165) is 6.20 Å². The average molecular weight is 256 g/mol. The topological polar surface area (TPSA) is 22.1 Å². The molecule has 0 unspecified atom stereocenters. The number of pyridine rings is 1. The van der Waals surface area contributed by atoms with E-state index in [2.05, 4.69) is 4.98 Å². The molecule has 1 heterocycles. The van der Waals surface area contributed by atoms with Crippen LogP contribution in [0.25, 0.3) is 11.1 Å². The summed E-state index contributed by atoms with van der Waals surface area (Å²) in [6.07, 6.45) is 1.02. The number of rotatable bonds is 2. The van der Waals surface area contributed by atoms with Crippen molar-refractivity contribution in [3.8, 4) is 16.9 Å². The quantitative estimate of drug-likeness (QED) is 0.764. The molecule has 0 amide bonds. The largest absolute Gasteiger partial charge is 0.494 e. The maximum absolute atomic E-state index is 13.5. The van der Waals surface area contributed by atoms with Gasteiger partial charge in [-0.25, -0.2) is 13.8 Å². The molecule has 0 aliphatic rings. The van der Waals surface area contributed by atoms with Crippen molar-refractivity contribution >= 4 is 11.6 Å². The molecule has 5 heteroatoms. The highest BCUT2D eigenvalue weighted by Gasteiger charge is 2.10. The van der Waals surface area contributed by atoms with Gasteiger partial charge >= 0.3 is 0 Å². The number of aromatic nitrogens is 1. The summed E-state index contributed by atoms with van der Waals surface area (Å²) in [5, 5.41) is 0.171. The van der Waals surface area contributed by atoms with Crippen LogP contribution in [0.2, 0.25) is 5.15 Å². The van der Waals surface area contributed by atoms with E-state index < -0.39 is 11.6 Å². The number of halogens is 3. The van der Waals surface area contributed by atoms with Gasteiger partial charge in [0.25, 0.3) is 0 Å². The molecular formula is C12H8ClF2NO. The third kappa shape index (κ3) is 2.36. The Kier molecular flexibility index (Phi) is 3.24. The van der Waals surface area contributed by atoms with Crippen LogP contribution in [0, 0.1) is 11.6 Å². The standard InChI is InChI=1S/C12H8ClF2NO/c1-17-11-4-7(2-3-9(11)14)8-5-12(13)16-6-10(8)15/h2-6H,1H3. The Labute approximate surface area is 102 Å². The van der Waals surface area contributed by atoms with Gasteiger partial charge < -0.3 is 4.74 Å². The third-order valence-corrected chi connectivity index (χ3v) is 2.49. The van der Waals surface area contributed by atoms with E-state index in [1.54, 1.807) is 0 Å². The lowest BCUT2D eigenvalue weighted by atomic mass is 10.1. The first-order valence-corrected chi connectivity index (χ1v) is 5.14. The zero-order valence-corrected chi connectivity index (χ0v) is 9.63. The highest BCUT2D eigenvalue weighted by atomic mass is 35.5. The minimum atomic E-state index is -0.525. The Balaban J connectivity index is 2.56. The molecular weight excluding hydrogens is 248 g/mol. The van der Waals surface area contributed by atoms with Crippen molar-refractivity contribution < 1.29 is 13.5 Å². The van der Waals surface area contributed by atoms with Crippen molar-refractivity contribution in [1.29, 1.82) is 0 Å². The Morgan fingerprint density at radius 1 is 1.18 bits per heavy atom. The summed E-state index contributed by atoms with van der Waals surface area (Å²) in [7, 11) is 1.35. The van der Waals surface area contributed by atoms with Gasteiger partial charge in [0.05, 0.1) is 13.3 Å². The summed E-state index contributed by atoms with van der Waals surface area (Å²) >= 11 is 5.69. The van der Waals surface area contributed by atoms with Crippen LogP contribution in [-0.4, -0.2) is 12.1 Å². The molecule has 0 radical (unpaired) electrons. The lowest BCUT2D eigenvalue weighted by Gasteiger charge is -2.07. The Morgan fingerprint density at radius 3 is 2.65 bits per heavy atom. The summed E-state index contributed by atoms with van der Waals surface area (Å²) in [4.78, 5) is 3.61. The van der Waals surface area contributed by atoms with Gasteiger partial charge in [-0.15, -0.1) is 0 Å². The summed E-state index contributed by atoms with van der Waals surface area (Å²) in [6.45, 7) is 0. The van der Waals surface area contributed by atoms with Crippen molar-refractivity contribution in [2.45, 2.75) is 0 Å². The van der Waals surface area contributed by atoms with Crippen LogP contribution < -0.4 is 4.74 Å². The lowest BCUT2D eigenvalue weighted by Crippen LogP contribution is -1.91. The molecule has 0 atom stereocenters. The minimum Gasteiger partial charge on any atom is -0.494 e. The molecule has 0 aliphatic heterocycles. The van der Waals surface area contributed by atoms with E-state index in [0.29, 0.717) is 5.56 Å². The molecule has 2 nitrogen and oxygen atoms in total. The van der Waals surface area contributed by atoms with E-state index in [1.807, 2.05) is 0 Å². The second-order valence-electron chi connectivity index (χ2n) is 3.34. The molecule has 1 aromatic heterocycles. The summed E-state index contributed by atoms with van der Waals surface area (Å²) in [5.74, 6) is -0.977. The van der Waals surface area contributed by atoms with Crippen molar-refractivity contribution in [3.63, 3.8) is 0 Å². The molecule has 1 aromatic carbocycles. The second kappa shape index (κ2) is 4.67. The van der Waals surface area contributed by atoms with E-state index >= 15 is 0 Å². The zero-order chi connectivity index (χ0) is 12.4. The van der Waals surface area contributed by atoms with Crippen LogP contribution in [0.1, 0.15) is 0 Å². The zero-order valence-electron chi connectivity index (χ0n) is 8.88. The Hall–Kier alpha value is -1.68.